The lowest BCUT2D eigenvalue weighted by Crippen LogP contribution is -2.22. The quantitative estimate of drug-likeness (QED) is 0.636. The number of amides is 1. The number of benzene rings is 2. The molecule has 6 nitrogen and oxygen atoms in total. The van der Waals surface area contributed by atoms with Gasteiger partial charge in [0.25, 0.3) is 5.91 Å². The summed E-state index contributed by atoms with van der Waals surface area (Å²) in [6.07, 6.45) is 7.27. The maximum Gasteiger partial charge on any atom is 0.256 e. The Bertz CT molecular complexity index is 1040. The summed E-state index contributed by atoms with van der Waals surface area (Å²) in [6.45, 7) is 1.36. The van der Waals surface area contributed by atoms with Crippen LogP contribution in [0.5, 0.6) is 5.75 Å². The summed E-state index contributed by atoms with van der Waals surface area (Å²) in [7, 11) is 0. The van der Waals surface area contributed by atoms with Crippen molar-refractivity contribution in [2.45, 2.75) is 44.2 Å². The van der Waals surface area contributed by atoms with Gasteiger partial charge in [0.15, 0.2) is 0 Å². The number of nitrogens with one attached hydrogen (secondary N) is 1. The second kappa shape index (κ2) is 8.94. The van der Waals surface area contributed by atoms with Crippen LogP contribution in [0.4, 0.5) is 5.82 Å². The molecule has 3 aromatic rings. The van der Waals surface area contributed by atoms with E-state index in [4.69, 9.17) is 9.47 Å². The van der Waals surface area contributed by atoms with Crippen molar-refractivity contribution < 1.29 is 14.3 Å². The van der Waals surface area contributed by atoms with Crippen LogP contribution in [-0.2, 0) is 11.2 Å². The zero-order valence-corrected chi connectivity index (χ0v) is 17.5. The monoisotopic (exact) mass is 417 g/mol. The van der Waals surface area contributed by atoms with E-state index in [1.165, 1.54) is 11.1 Å². The molecule has 2 heterocycles. The fourth-order valence-corrected chi connectivity index (χ4v) is 4.50. The van der Waals surface area contributed by atoms with Gasteiger partial charge in [0.05, 0.1) is 18.3 Å². The summed E-state index contributed by atoms with van der Waals surface area (Å²) in [5.41, 5.74) is 3.24. The number of ether oxygens (including phenoxy) is 2. The zero-order chi connectivity index (χ0) is 21.0. The summed E-state index contributed by atoms with van der Waals surface area (Å²) in [5.74, 6) is 1.30. The molecule has 1 aliphatic carbocycles. The Morgan fingerprint density at radius 1 is 1.10 bits per heavy atom. The van der Waals surface area contributed by atoms with Crippen LogP contribution < -0.4 is 10.1 Å². The third-order valence-corrected chi connectivity index (χ3v) is 6.12. The van der Waals surface area contributed by atoms with Crippen LogP contribution in [0, 0.1) is 0 Å². The number of carbonyl (C=O) groups is 1. The average Bonchev–Trinajstić information content (AvgIpc) is 3.50. The maximum atomic E-state index is 12.9. The molecular weight excluding hydrogens is 390 g/mol. The Labute approximate surface area is 182 Å². The number of rotatable bonds is 6. The van der Waals surface area contributed by atoms with Crippen molar-refractivity contribution in [3.05, 3.63) is 77.5 Å². The average molecular weight is 418 g/mol. The third-order valence-electron chi connectivity index (χ3n) is 6.12. The molecule has 1 aromatic heterocycles. The summed E-state index contributed by atoms with van der Waals surface area (Å²) in [6, 6.07) is 17.7. The topological polar surface area (TPSA) is 65.4 Å². The Kier molecular flexibility index (Phi) is 5.71. The lowest BCUT2D eigenvalue weighted by atomic mass is 9.88. The first-order valence-corrected chi connectivity index (χ1v) is 11.0. The van der Waals surface area contributed by atoms with E-state index in [-0.39, 0.29) is 18.1 Å². The first-order valence-electron chi connectivity index (χ1n) is 11.0. The molecule has 1 saturated heterocycles. The minimum absolute atomic E-state index is 0.142. The molecule has 2 aromatic carbocycles. The highest BCUT2D eigenvalue weighted by Gasteiger charge is 2.24. The van der Waals surface area contributed by atoms with E-state index >= 15 is 0 Å². The fourth-order valence-electron chi connectivity index (χ4n) is 4.50. The smallest absolute Gasteiger partial charge is 0.256 e. The largest absolute Gasteiger partial charge is 0.491 e. The van der Waals surface area contributed by atoms with Crippen molar-refractivity contribution in [3.63, 3.8) is 0 Å². The Balaban J connectivity index is 1.26. The molecule has 0 saturated carbocycles. The highest BCUT2D eigenvalue weighted by atomic mass is 16.5. The van der Waals surface area contributed by atoms with Gasteiger partial charge >= 0.3 is 0 Å². The van der Waals surface area contributed by atoms with Crippen LogP contribution >= 0.6 is 0 Å². The first-order chi connectivity index (χ1) is 15.3. The predicted molar refractivity (Wildman–Crippen MR) is 119 cm³/mol. The van der Waals surface area contributed by atoms with Crippen LogP contribution in [0.25, 0.3) is 0 Å². The Morgan fingerprint density at radius 3 is 2.81 bits per heavy atom. The summed E-state index contributed by atoms with van der Waals surface area (Å²) < 4.78 is 13.3. The first kappa shape index (κ1) is 19.8. The molecule has 1 amide bonds. The standard InChI is InChI=1S/C25H27N3O3/c29-25(19-10-12-20(13-11-19)31-17-21-7-4-16-30-21)27-24-14-15-26-28(24)23-9-3-6-18-5-1-2-8-22(18)23/h1-2,5,8,10-15,21,23H,3-4,6-7,9,16-17H2,(H,27,29). The number of aryl methyl sites for hydroxylation is 1. The number of aromatic nitrogens is 2. The molecule has 1 N–H and O–H groups in total. The van der Waals surface area contributed by atoms with Crippen LogP contribution in [0.2, 0.25) is 0 Å². The number of anilines is 1. The van der Waals surface area contributed by atoms with E-state index in [1.54, 1.807) is 18.3 Å². The summed E-state index contributed by atoms with van der Waals surface area (Å²) in [5, 5.41) is 7.56. The van der Waals surface area contributed by atoms with Crippen molar-refractivity contribution in [1.29, 1.82) is 0 Å². The summed E-state index contributed by atoms with van der Waals surface area (Å²) >= 11 is 0. The zero-order valence-electron chi connectivity index (χ0n) is 17.5. The Morgan fingerprint density at radius 2 is 1.97 bits per heavy atom. The van der Waals surface area contributed by atoms with Gasteiger partial charge in [-0.2, -0.15) is 5.10 Å². The number of carbonyl (C=O) groups excluding carboxylic acids is 1. The van der Waals surface area contributed by atoms with Gasteiger partial charge in [-0.3, -0.25) is 4.79 Å². The molecule has 2 atom stereocenters. The highest BCUT2D eigenvalue weighted by Crippen LogP contribution is 2.34. The minimum atomic E-state index is -0.156. The molecule has 6 heteroatoms. The van der Waals surface area contributed by atoms with E-state index in [2.05, 4.69) is 34.7 Å². The second-order valence-electron chi connectivity index (χ2n) is 8.19. The van der Waals surface area contributed by atoms with Crippen LogP contribution in [-0.4, -0.2) is 35.0 Å². The lowest BCUT2D eigenvalue weighted by molar-refractivity contribution is 0.0679. The minimum Gasteiger partial charge on any atom is -0.491 e. The van der Waals surface area contributed by atoms with Gasteiger partial charge in [-0.05, 0) is 67.5 Å². The van der Waals surface area contributed by atoms with Crippen LogP contribution in [0.15, 0.2) is 60.8 Å². The Hall–Kier alpha value is -3.12. The number of fused-ring (bicyclic) bond motifs is 1. The molecule has 2 aliphatic rings. The predicted octanol–water partition coefficient (Wildman–Crippen LogP) is 4.62. The van der Waals surface area contributed by atoms with E-state index in [0.717, 1.165) is 44.5 Å². The van der Waals surface area contributed by atoms with Gasteiger partial charge in [-0.25, -0.2) is 4.68 Å². The van der Waals surface area contributed by atoms with Gasteiger partial charge in [-0.15, -0.1) is 0 Å². The SMILES string of the molecule is O=C(Nc1ccnn1C1CCCc2ccccc21)c1ccc(OCC2CCCO2)cc1. The molecule has 0 bridgehead atoms. The lowest BCUT2D eigenvalue weighted by Gasteiger charge is -2.27. The molecular formula is C25H27N3O3. The van der Waals surface area contributed by atoms with Gasteiger partial charge in [-0.1, -0.05) is 24.3 Å². The maximum absolute atomic E-state index is 12.9. The summed E-state index contributed by atoms with van der Waals surface area (Å²) in [4.78, 5) is 12.9. The van der Waals surface area contributed by atoms with Crippen molar-refractivity contribution in [2.75, 3.05) is 18.5 Å². The molecule has 5 rings (SSSR count). The molecule has 160 valence electrons. The van der Waals surface area contributed by atoms with E-state index in [1.807, 2.05) is 22.9 Å². The molecule has 0 spiro atoms. The van der Waals surface area contributed by atoms with E-state index < -0.39 is 0 Å². The number of hydrogen-bond acceptors (Lipinski definition) is 4. The molecule has 31 heavy (non-hydrogen) atoms. The van der Waals surface area contributed by atoms with Gasteiger partial charge in [0.2, 0.25) is 0 Å². The van der Waals surface area contributed by atoms with Crippen molar-refractivity contribution in [1.82, 2.24) is 9.78 Å². The van der Waals surface area contributed by atoms with E-state index in [0.29, 0.717) is 18.0 Å². The fraction of sp³-hybridized carbons (Fsp3) is 0.360. The molecule has 2 unspecified atom stereocenters. The van der Waals surface area contributed by atoms with Crippen molar-refractivity contribution in [2.24, 2.45) is 0 Å². The second-order valence-corrected chi connectivity index (χ2v) is 8.19. The van der Waals surface area contributed by atoms with Crippen molar-refractivity contribution in [3.8, 4) is 5.75 Å². The normalized spacial score (nSPS) is 20.3. The molecule has 1 fully saturated rings. The number of nitrogens with zero attached hydrogens (tertiary/aromatic N) is 2. The van der Waals surface area contributed by atoms with E-state index in [9.17, 15) is 4.79 Å². The molecule has 0 radical (unpaired) electrons. The van der Waals surface area contributed by atoms with Gasteiger partial charge in [0.1, 0.15) is 18.2 Å². The van der Waals surface area contributed by atoms with Crippen molar-refractivity contribution >= 4 is 11.7 Å². The molecule has 1 aliphatic heterocycles. The van der Waals surface area contributed by atoms with Crippen LogP contribution in [0.3, 0.4) is 0 Å². The van der Waals surface area contributed by atoms with Gasteiger partial charge in [0, 0.05) is 18.2 Å². The third kappa shape index (κ3) is 4.35. The van der Waals surface area contributed by atoms with Crippen LogP contribution in [0.1, 0.15) is 53.2 Å². The highest BCUT2D eigenvalue weighted by molar-refractivity contribution is 6.03. The number of hydrogen-bond donors (Lipinski definition) is 1. The van der Waals surface area contributed by atoms with Gasteiger partial charge < -0.3 is 14.8 Å².